The zero-order valence-corrected chi connectivity index (χ0v) is 8.09. The lowest BCUT2D eigenvalue weighted by atomic mass is 10.2. The lowest BCUT2D eigenvalue weighted by Gasteiger charge is -2.18. The molecule has 0 aromatic heterocycles. The molecular formula is C10H13F2NO. The Morgan fingerprint density at radius 1 is 1.29 bits per heavy atom. The Bertz CT molecular complexity index is 315. The van der Waals surface area contributed by atoms with E-state index in [9.17, 15) is 8.78 Å². The third-order valence-electron chi connectivity index (χ3n) is 2.06. The van der Waals surface area contributed by atoms with Crippen LogP contribution < -0.4 is 5.32 Å². The molecular weight excluding hydrogens is 188 g/mol. The van der Waals surface area contributed by atoms with Crippen LogP contribution in [0.1, 0.15) is 13.8 Å². The number of benzene rings is 1. The number of rotatable bonds is 3. The summed E-state index contributed by atoms with van der Waals surface area (Å²) in [7, 11) is 0. The second kappa shape index (κ2) is 4.37. The van der Waals surface area contributed by atoms with E-state index in [-0.39, 0.29) is 11.7 Å². The topological polar surface area (TPSA) is 32.3 Å². The Balaban J connectivity index is 2.82. The highest BCUT2D eigenvalue weighted by molar-refractivity contribution is 5.45. The van der Waals surface area contributed by atoms with Gasteiger partial charge in [0.2, 0.25) is 0 Å². The molecule has 0 heterocycles. The van der Waals surface area contributed by atoms with Gasteiger partial charge in [0.1, 0.15) is 0 Å². The predicted molar refractivity (Wildman–Crippen MR) is 51.1 cm³/mol. The maximum Gasteiger partial charge on any atom is 0.181 e. The molecule has 0 saturated heterocycles. The minimum absolute atomic E-state index is 0.0680. The van der Waals surface area contributed by atoms with Crippen LogP contribution in [0, 0.1) is 11.6 Å². The summed E-state index contributed by atoms with van der Waals surface area (Å²) < 4.78 is 25.9. The number of anilines is 1. The SMILES string of the molecule is CC(O)C(C)Nc1cccc(F)c1F. The number of aliphatic hydroxyl groups excluding tert-OH is 1. The van der Waals surface area contributed by atoms with Crippen LogP contribution in [0.5, 0.6) is 0 Å². The summed E-state index contributed by atoms with van der Waals surface area (Å²) in [6, 6.07) is 3.56. The van der Waals surface area contributed by atoms with E-state index >= 15 is 0 Å². The maximum atomic E-state index is 13.1. The number of hydrogen-bond acceptors (Lipinski definition) is 2. The summed E-state index contributed by atoms with van der Waals surface area (Å²) in [5, 5.41) is 11.8. The highest BCUT2D eigenvalue weighted by Gasteiger charge is 2.12. The fraction of sp³-hybridized carbons (Fsp3) is 0.400. The fourth-order valence-corrected chi connectivity index (χ4v) is 0.981. The van der Waals surface area contributed by atoms with Gasteiger partial charge in [0, 0.05) is 6.04 Å². The van der Waals surface area contributed by atoms with Crippen LogP contribution in [0.4, 0.5) is 14.5 Å². The van der Waals surface area contributed by atoms with Gasteiger partial charge in [-0.05, 0) is 26.0 Å². The molecule has 14 heavy (non-hydrogen) atoms. The largest absolute Gasteiger partial charge is 0.391 e. The van der Waals surface area contributed by atoms with Crippen molar-refractivity contribution in [1.82, 2.24) is 0 Å². The van der Waals surface area contributed by atoms with Crippen molar-refractivity contribution in [3.8, 4) is 0 Å². The van der Waals surface area contributed by atoms with Crippen molar-refractivity contribution >= 4 is 5.69 Å². The van der Waals surface area contributed by atoms with Crippen molar-refractivity contribution in [3.63, 3.8) is 0 Å². The van der Waals surface area contributed by atoms with Crippen LogP contribution in [-0.4, -0.2) is 17.3 Å². The van der Waals surface area contributed by atoms with Crippen LogP contribution in [0.15, 0.2) is 18.2 Å². The molecule has 0 spiro atoms. The van der Waals surface area contributed by atoms with E-state index in [1.54, 1.807) is 13.8 Å². The highest BCUT2D eigenvalue weighted by Crippen LogP contribution is 2.17. The summed E-state index contributed by atoms with van der Waals surface area (Å²) in [4.78, 5) is 0. The zero-order chi connectivity index (χ0) is 10.7. The van der Waals surface area contributed by atoms with Crippen LogP contribution in [-0.2, 0) is 0 Å². The van der Waals surface area contributed by atoms with Crippen LogP contribution in [0.2, 0.25) is 0 Å². The van der Waals surface area contributed by atoms with Gasteiger partial charge >= 0.3 is 0 Å². The molecule has 2 atom stereocenters. The molecule has 78 valence electrons. The van der Waals surface area contributed by atoms with Gasteiger partial charge in [-0.15, -0.1) is 0 Å². The van der Waals surface area contributed by atoms with Crippen molar-refractivity contribution in [2.45, 2.75) is 26.0 Å². The standard InChI is InChI=1S/C10H13F2NO/c1-6(7(2)14)13-9-5-3-4-8(11)10(9)12/h3-7,13-14H,1-2H3. The van der Waals surface area contributed by atoms with E-state index in [0.717, 1.165) is 6.07 Å². The van der Waals surface area contributed by atoms with Crippen LogP contribution in [0.3, 0.4) is 0 Å². The normalized spacial score (nSPS) is 14.9. The van der Waals surface area contributed by atoms with E-state index in [1.165, 1.54) is 12.1 Å². The van der Waals surface area contributed by atoms with E-state index in [4.69, 9.17) is 5.11 Å². The van der Waals surface area contributed by atoms with Crippen molar-refractivity contribution in [1.29, 1.82) is 0 Å². The first kappa shape index (κ1) is 10.9. The average Bonchev–Trinajstić information content (AvgIpc) is 2.12. The Morgan fingerprint density at radius 3 is 2.50 bits per heavy atom. The van der Waals surface area contributed by atoms with Gasteiger partial charge < -0.3 is 10.4 Å². The molecule has 1 rings (SSSR count). The van der Waals surface area contributed by atoms with Crippen molar-refractivity contribution < 1.29 is 13.9 Å². The summed E-state index contributed by atoms with van der Waals surface area (Å²) in [6.45, 7) is 3.27. The molecule has 1 aromatic rings. The molecule has 2 nitrogen and oxygen atoms in total. The molecule has 0 saturated carbocycles. The number of nitrogens with one attached hydrogen (secondary N) is 1. The molecule has 2 unspecified atom stereocenters. The first-order valence-electron chi connectivity index (χ1n) is 4.41. The molecule has 0 radical (unpaired) electrons. The fourth-order valence-electron chi connectivity index (χ4n) is 0.981. The van der Waals surface area contributed by atoms with Crippen LogP contribution >= 0.6 is 0 Å². The number of halogens is 2. The zero-order valence-electron chi connectivity index (χ0n) is 8.09. The average molecular weight is 201 g/mol. The van der Waals surface area contributed by atoms with E-state index in [1.807, 2.05) is 0 Å². The predicted octanol–water partition coefficient (Wildman–Crippen LogP) is 2.15. The van der Waals surface area contributed by atoms with Crippen molar-refractivity contribution in [2.24, 2.45) is 0 Å². The molecule has 0 fully saturated rings. The molecule has 0 bridgehead atoms. The Morgan fingerprint density at radius 2 is 1.93 bits per heavy atom. The molecule has 4 heteroatoms. The summed E-state index contributed by atoms with van der Waals surface area (Å²) in [5.41, 5.74) is 0.0680. The Kier molecular flexibility index (Phi) is 3.41. The van der Waals surface area contributed by atoms with Gasteiger partial charge in [0.25, 0.3) is 0 Å². The second-order valence-electron chi connectivity index (χ2n) is 3.27. The highest BCUT2D eigenvalue weighted by atomic mass is 19.2. The van der Waals surface area contributed by atoms with Gasteiger partial charge in [0.05, 0.1) is 11.8 Å². The van der Waals surface area contributed by atoms with E-state index in [2.05, 4.69) is 5.32 Å². The monoisotopic (exact) mass is 201 g/mol. The quantitative estimate of drug-likeness (QED) is 0.785. The summed E-state index contributed by atoms with van der Waals surface area (Å²) in [5.74, 6) is -1.81. The molecule has 0 amide bonds. The van der Waals surface area contributed by atoms with Crippen molar-refractivity contribution in [2.75, 3.05) is 5.32 Å². The van der Waals surface area contributed by atoms with Gasteiger partial charge in [-0.25, -0.2) is 8.78 Å². The van der Waals surface area contributed by atoms with Gasteiger partial charge in [-0.3, -0.25) is 0 Å². The minimum Gasteiger partial charge on any atom is -0.391 e. The summed E-state index contributed by atoms with van der Waals surface area (Å²) in [6.07, 6.45) is -0.627. The molecule has 2 N–H and O–H groups in total. The molecule has 0 aliphatic heterocycles. The smallest absolute Gasteiger partial charge is 0.181 e. The molecule has 0 aliphatic rings. The molecule has 1 aromatic carbocycles. The van der Waals surface area contributed by atoms with Gasteiger partial charge in [-0.1, -0.05) is 6.07 Å². The summed E-state index contributed by atoms with van der Waals surface area (Å²) >= 11 is 0. The molecule has 0 aliphatic carbocycles. The Labute approximate surface area is 81.6 Å². The first-order valence-corrected chi connectivity index (χ1v) is 4.41. The number of aliphatic hydroxyl groups is 1. The third kappa shape index (κ3) is 2.42. The lowest BCUT2D eigenvalue weighted by Crippen LogP contribution is -2.28. The first-order chi connectivity index (χ1) is 6.52. The Hall–Kier alpha value is -1.16. The lowest BCUT2D eigenvalue weighted by molar-refractivity contribution is 0.177. The van der Waals surface area contributed by atoms with E-state index in [0.29, 0.717) is 0 Å². The minimum atomic E-state index is -0.917. The van der Waals surface area contributed by atoms with Crippen LogP contribution in [0.25, 0.3) is 0 Å². The maximum absolute atomic E-state index is 13.1. The number of hydrogen-bond donors (Lipinski definition) is 2. The van der Waals surface area contributed by atoms with E-state index < -0.39 is 17.7 Å². The van der Waals surface area contributed by atoms with Gasteiger partial charge in [0.15, 0.2) is 11.6 Å². The third-order valence-corrected chi connectivity index (χ3v) is 2.06. The van der Waals surface area contributed by atoms with Crippen molar-refractivity contribution in [3.05, 3.63) is 29.8 Å². The van der Waals surface area contributed by atoms with Gasteiger partial charge in [-0.2, -0.15) is 0 Å². The second-order valence-corrected chi connectivity index (χ2v) is 3.27.